The number of nitrogens with one attached hydrogen (secondary N) is 1. The number of aliphatic carboxylic acids is 1. The third-order valence-electron chi connectivity index (χ3n) is 5.18. The molecule has 1 heterocycles. The van der Waals surface area contributed by atoms with Gasteiger partial charge in [-0.3, -0.25) is 9.59 Å². The van der Waals surface area contributed by atoms with Crippen molar-refractivity contribution in [3.63, 3.8) is 0 Å². The molecule has 28 heavy (non-hydrogen) atoms. The van der Waals surface area contributed by atoms with E-state index < -0.39 is 5.97 Å². The molecule has 7 heteroatoms. The van der Waals surface area contributed by atoms with Crippen LogP contribution in [-0.4, -0.2) is 28.5 Å². The van der Waals surface area contributed by atoms with Gasteiger partial charge in [0.15, 0.2) is 0 Å². The number of fused-ring (bicyclic) bond motifs is 1. The van der Waals surface area contributed by atoms with Crippen LogP contribution < -0.4 is 9.74 Å². The maximum Gasteiger partial charge on any atom is 0.303 e. The molecule has 150 valence electrons. The molecule has 1 amide bonds. The minimum Gasteiger partial charge on any atom is -0.481 e. The van der Waals surface area contributed by atoms with Crippen molar-refractivity contribution in [2.45, 2.75) is 51.4 Å². The van der Waals surface area contributed by atoms with Crippen molar-refractivity contribution in [2.75, 3.05) is 16.3 Å². The number of hydrogen-bond acceptors (Lipinski definition) is 4. The normalized spacial score (nSPS) is 14.8. The lowest BCUT2D eigenvalue weighted by atomic mass is 9.87. The molecule has 1 aliphatic rings. The van der Waals surface area contributed by atoms with Gasteiger partial charge >= 0.3 is 5.97 Å². The predicted molar refractivity (Wildman–Crippen MR) is 112 cm³/mol. The summed E-state index contributed by atoms with van der Waals surface area (Å²) in [7, 11) is 0. The molecule has 0 aliphatic heterocycles. The number of aromatic nitrogens is 1. The second-order valence-corrected chi connectivity index (χ2v) is 7.72. The Bertz CT molecular complexity index is 837. The zero-order valence-electron chi connectivity index (χ0n) is 15.9. The molecule has 1 aliphatic carbocycles. The van der Waals surface area contributed by atoms with E-state index in [4.69, 9.17) is 16.9 Å². The fraction of sp³-hybridized carbons (Fsp3) is 0.476. The second-order valence-electron chi connectivity index (χ2n) is 7.38. The molecule has 0 saturated heterocycles. The average Bonchev–Trinajstić information content (AvgIpc) is 2.70. The van der Waals surface area contributed by atoms with Crippen LogP contribution in [0, 0.1) is 5.92 Å². The highest BCUT2D eigenvalue weighted by Gasteiger charge is 2.21. The minimum atomic E-state index is -0.801. The third-order valence-corrected chi connectivity index (χ3v) is 5.56. The molecule has 1 saturated carbocycles. The first kappa shape index (κ1) is 20.4. The minimum absolute atomic E-state index is 0.0578. The van der Waals surface area contributed by atoms with Crippen molar-refractivity contribution in [1.82, 2.24) is 4.98 Å². The maximum atomic E-state index is 12.5. The molecule has 0 atom stereocenters. The first-order chi connectivity index (χ1) is 13.5. The number of benzene rings is 1. The summed E-state index contributed by atoms with van der Waals surface area (Å²) in [6, 6.07) is 9.27. The predicted octanol–water partition coefficient (Wildman–Crippen LogP) is 4.97. The summed E-state index contributed by atoms with van der Waals surface area (Å²) in [4.78, 5) is 27.6. The van der Waals surface area contributed by atoms with E-state index in [1.54, 1.807) is 6.07 Å². The van der Waals surface area contributed by atoms with Crippen LogP contribution >= 0.6 is 11.8 Å². The molecule has 2 aromatic rings. The Morgan fingerprint density at radius 3 is 2.71 bits per heavy atom. The van der Waals surface area contributed by atoms with Gasteiger partial charge in [-0.1, -0.05) is 19.3 Å². The Kier molecular flexibility index (Phi) is 7.09. The molecule has 1 aromatic heterocycles. The average molecular weight is 404 g/mol. The number of nitrogens with zero attached hydrogens (tertiary/aromatic N) is 2. The highest BCUT2D eigenvalue weighted by molar-refractivity contribution is 6.36. The van der Waals surface area contributed by atoms with E-state index in [9.17, 15) is 9.59 Å². The van der Waals surface area contributed by atoms with Gasteiger partial charge in [0, 0.05) is 36.5 Å². The zero-order chi connectivity index (χ0) is 19.9. The number of amides is 1. The lowest BCUT2D eigenvalue weighted by molar-refractivity contribution is -0.137. The standard InChI is InChI=1S/C21H26ClN3O3/c22-25(20(26)13-15-5-2-1-3-6-15)17-9-10-18-16(14-17)8-11-19(24-18)23-12-4-7-21(27)28/h8-11,14-15H,1-7,12-13H2,(H,23,24)(H,27,28). The van der Waals surface area contributed by atoms with E-state index in [0.29, 0.717) is 36.8 Å². The van der Waals surface area contributed by atoms with Crippen LogP contribution in [-0.2, 0) is 9.59 Å². The smallest absolute Gasteiger partial charge is 0.303 e. The van der Waals surface area contributed by atoms with Crippen molar-refractivity contribution < 1.29 is 14.7 Å². The van der Waals surface area contributed by atoms with Crippen LogP contribution in [0.25, 0.3) is 10.9 Å². The molecular formula is C21H26ClN3O3. The van der Waals surface area contributed by atoms with Gasteiger partial charge in [0.1, 0.15) is 5.82 Å². The van der Waals surface area contributed by atoms with Gasteiger partial charge in [-0.25, -0.2) is 9.40 Å². The van der Waals surface area contributed by atoms with Crippen LogP contribution in [0.5, 0.6) is 0 Å². The summed E-state index contributed by atoms with van der Waals surface area (Å²) in [5, 5.41) is 12.7. The van der Waals surface area contributed by atoms with Gasteiger partial charge < -0.3 is 10.4 Å². The Morgan fingerprint density at radius 2 is 1.96 bits per heavy atom. The van der Waals surface area contributed by atoms with Gasteiger partial charge in [-0.15, -0.1) is 0 Å². The summed E-state index contributed by atoms with van der Waals surface area (Å²) in [6.45, 7) is 0.550. The number of pyridine rings is 1. The summed E-state index contributed by atoms with van der Waals surface area (Å²) >= 11 is 6.32. The summed E-state index contributed by atoms with van der Waals surface area (Å²) in [5.74, 6) is 0.281. The molecule has 0 bridgehead atoms. The second kappa shape index (κ2) is 9.73. The van der Waals surface area contributed by atoms with Gasteiger partial charge in [0.05, 0.1) is 11.2 Å². The van der Waals surface area contributed by atoms with E-state index in [1.165, 1.54) is 23.7 Å². The first-order valence-electron chi connectivity index (χ1n) is 9.88. The molecule has 0 spiro atoms. The highest BCUT2D eigenvalue weighted by atomic mass is 35.5. The molecular weight excluding hydrogens is 378 g/mol. The van der Waals surface area contributed by atoms with E-state index in [2.05, 4.69) is 10.3 Å². The molecule has 6 nitrogen and oxygen atoms in total. The molecule has 2 N–H and O–H groups in total. The van der Waals surface area contributed by atoms with Gasteiger partial charge in [-0.2, -0.15) is 0 Å². The lowest BCUT2D eigenvalue weighted by Gasteiger charge is -2.23. The Morgan fingerprint density at radius 1 is 1.18 bits per heavy atom. The first-order valence-corrected chi connectivity index (χ1v) is 10.2. The van der Waals surface area contributed by atoms with Crippen molar-refractivity contribution in [3.05, 3.63) is 30.3 Å². The summed E-state index contributed by atoms with van der Waals surface area (Å²) < 4.78 is 1.23. The molecule has 1 aromatic carbocycles. The topological polar surface area (TPSA) is 82.5 Å². The van der Waals surface area contributed by atoms with Crippen LogP contribution in [0.4, 0.5) is 11.5 Å². The van der Waals surface area contributed by atoms with Crippen molar-refractivity contribution in [2.24, 2.45) is 5.92 Å². The van der Waals surface area contributed by atoms with Gasteiger partial charge in [0.2, 0.25) is 5.91 Å². The number of carboxylic acids is 1. The van der Waals surface area contributed by atoms with E-state index >= 15 is 0 Å². The van der Waals surface area contributed by atoms with Crippen LogP contribution in [0.1, 0.15) is 51.4 Å². The number of halogens is 1. The zero-order valence-corrected chi connectivity index (χ0v) is 16.6. The fourth-order valence-corrected chi connectivity index (χ4v) is 3.83. The largest absolute Gasteiger partial charge is 0.481 e. The molecule has 3 rings (SSSR count). The monoisotopic (exact) mass is 403 g/mol. The van der Waals surface area contributed by atoms with E-state index in [-0.39, 0.29) is 12.3 Å². The lowest BCUT2D eigenvalue weighted by Crippen LogP contribution is -2.24. The van der Waals surface area contributed by atoms with Crippen molar-refractivity contribution >= 4 is 46.1 Å². The van der Waals surface area contributed by atoms with Crippen LogP contribution in [0.2, 0.25) is 0 Å². The van der Waals surface area contributed by atoms with E-state index in [1.807, 2.05) is 24.3 Å². The Balaban J connectivity index is 1.62. The van der Waals surface area contributed by atoms with Crippen molar-refractivity contribution in [1.29, 1.82) is 0 Å². The number of hydrogen-bond donors (Lipinski definition) is 2. The quantitative estimate of drug-likeness (QED) is 0.480. The van der Waals surface area contributed by atoms with Gasteiger partial charge in [-0.05, 0) is 55.5 Å². The Hall–Kier alpha value is -2.34. The van der Waals surface area contributed by atoms with E-state index in [0.717, 1.165) is 23.7 Å². The van der Waals surface area contributed by atoms with Crippen LogP contribution in [0.15, 0.2) is 30.3 Å². The molecule has 0 radical (unpaired) electrons. The van der Waals surface area contributed by atoms with Crippen molar-refractivity contribution in [3.8, 4) is 0 Å². The Labute approximate surface area is 170 Å². The summed E-state index contributed by atoms with van der Waals surface area (Å²) in [6.07, 6.45) is 7.06. The number of rotatable bonds is 8. The summed E-state index contributed by atoms with van der Waals surface area (Å²) in [5.41, 5.74) is 1.44. The number of carbonyl (C=O) groups excluding carboxylic acids is 1. The molecule has 0 unspecified atom stereocenters. The van der Waals surface area contributed by atoms with Gasteiger partial charge in [0.25, 0.3) is 0 Å². The third kappa shape index (κ3) is 5.58. The fourth-order valence-electron chi connectivity index (χ4n) is 3.65. The highest BCUT2D eigenvalue weighted by Crippen LogP contribution is 2.29. The number of carboxylic acid groups (broad SMARTS) is 1. The number of carbonyl (C=O) groups is 2. The molecule has 1 fully saturated rings. The van der Waals surface area contributed by atoms with Crippen LogP contribution in [0.3, 0.4) is 0 Å². The maximum absolute atomic E-state index is 12.5. The SMILES string of the molecule is O=C(O)CCCNc1ccc2cc(N(Cl)C(=O)CC3CCCCC3)ccc2n1. The number of anilines is 2.